The number of carboxylic acid groups (broad SMARTS) is 1. The van der Waals surface area contributed by atoms with Gasteiger partial charge < -0.3 is 10.8 Å². The van der Waals surface area contributed by atoms with Crippen LogP contribution in [0.3, 0.4) is 0 Å². The number of fused-ring (bicyclic) bond motifs is 1. The Bertz CT molecular complexity index is 633. The van der Waals surface area contributed by atoms with Gasteiger partial charge in [-0.15, -0.1) is 0 Å². The summed E-state index contributed by atoms with van der Waals surface area (Å²) in [7, 11) is 0. The molecule has 1 heterocycles. The van der Waals surface area contributed by atoms with Crippen molar-refractivity contribution in [2.75, 3.05) is 5.73 Å². The molecular weight excluding hydrogens is 216 g/mol. The van der Waals surface area contributed by atoms with Gasteiger partial charge in [-0.1, -0.05) is 0 Å². The maximum Gasteiger partial charge on any atom is 0.356 e. The lowest BCUT2D eigenvalue weighted by molar-refractivity contribution is 0.0692. The minimum atomic E-state index is -1.09. The molecule has 0 amide bonds. The number of carboxylic acids is 1. The van der Waals surface area contributed by atoms with Gasteiger partial charge in [0.25, 0.3) is 0 Å². The average molecular weight is 230 g/mol. The first kappa shape index (κ1) is 11.4. The van der Waals surface area contributed by atoms with E-state index in [1.54, 1.807) is 0 Å². The van der Waals surface area contributed by atoms with Gasteiger partial charge in [0, 0.05) is 5.39 Å². The molecule has 0 unspecified atom stereocenters. The summed E-state index contributed by atoms with van der Waals surface area (Å²) in [6.07, 6.45) is 0. The number of nitrogens with two attached hydrogens (primary N) is 1. The van der Waals surface area contributed by atoms with Crippen LogP contribution in [0.2, 0.25) is 0 Å². The third-order valence-electron chi connectivity index (χ3n) is 3.11. The van der Waals surface area contributed by atoms with Crippen LogP contribution in [0.1, 0.15) is 27.2 Å². The summed E-state index contributed by atoms with van der Waals surface area (Å²) in [6.45, 7) is 5.80. The molecule has 0 aliphatic heterocycles. The summed E-state index contributed by atoms with van der Waals surface area (Å²) in [4.78, 5) is 15.1. The molecule has 4 heteroatoms. The van der Waals surface area contributed by atoms with Gasteiger partial charge >= 0.3 is 5.97 Å². The van der Waals surface area contributed by atoms with E-state index in [2.05, 4.69) is 4.98 Å². The van der Waals surface area contributed by atoms with E-state index in [0.717, 1.165) is 22.1 Å². The van der Waals surface area contributed by atoms with Crippen LogP contribution in [-0.2, 0) is 0 Å². The van der Waals surface area contributed by atoms with Crippen molar-refractivity contribution < 1.29 is 9.90 Å². The van der Waals surface area contributed by atoms with Gasteiger partial charge in [0.15, 0.2) is 5.69 Å². The molecule has 88 valence electrons. The van der Waals surface area contributed by atoms with Crippen LogP contribution >= 0.6 is 0 Å². The molecule has 0 saturated carbocycles. The van der Waals surface area contributed by atoms with Crippen LogP contribution in [0, 0.1) is 20.8 Å². The Hall–Kier alpha value is -2.10. The number of nitrogen functional groups attached to an aromatic ring is 1. The zero-order chi connectivity index (χ0) is 12.7. The van der Waals surface area contributed by atoms with Gasteiger partial charge in [-0.2, -0.15) is 0 Å². The van der Waals surface area contributed by atoms with Gasteiger partial charge in [-0.25, -0.2) is 9.78 Å². The maximum atomic E-state index is 11.0. The number of carbonyl (C=O) groups is 1. The number of rotatable bonds is 1. The second kappa shape index (κ2) is 3.73. The van der Waals surface area contributed by atoms with Crippen LogP contribution in [0.15, 0.2) is 12.1 Å². The lowest BCUT2D eigenvalue weighted by atomic mass is 10.0. The number of benzene rings is 1. The zero-order valence-corrected chi connectivity index (χ0v) is 10.0. The number of nitrogens with zero attached hydrogens (tertiary/aromatic N) is 1. The SMILES string of the molecule is Cc1cc2nc(C(=O)O)c(N)c(C)c2cc1C. The predicted molar refractivity (Wildman–Crippen MR) is 67.3 cm³/mol. The zero-order valence-electron chi connectivity index (χ0n) is 10.0. The molecule has 2 rings (SSSR count). The third kappa shape index (κ3) is 1.71. The van der Waals surface area contributed by atoms with Crippen LogP contribution in [0.25, 0.3) is 10.9 Å². The molecule has 3 N–H and O–H groups in total. The summed E-state index contributed by atoms with van der Waals surface area (Å²) in [5.41, 5.74) is 9.65. The first-order valence-corrected chi connectivity index (χ1v) is 5.32. The highest BCUT2D eigenvalue weighted by molar-refractivity contribution is 5.98. The summed E-state index contributed by atoms with van der Waals surface area (Å²) < 4.78 is 0. The monoisotopic (exact) mass is 230 g/mol. The number of anilines is 1. The Morgan fingerprint density at radius 2 is 1.82 bits per heavy atom. The van der Waals surface area contributed by atoms with Gasteiger partial charge in [0.05, 0.1) is 11.2 Å². The second-order valence-electron chi connectivity index (χ2n) is 4.26. The smallest absolute Gasteiger partial charge is 0.356 e. The van der Waals surface area contributed by atoms with E-state index < -0.39 is 5.97 Å². The number of aromatic nitrogens is 1. The second-order valence-corrected chi connectivity index (χ2v) is 4.26. The fourth-order valence-corrected chi connectivity index (χ4v) is 1.86. The molecule has 4 nitrogen and oxygen atoms in total. The number of aryl methyl sites for hydroxylation is 3. The molecule has 0 aliphatic carbocycles. The van der Waals surface area contributed by atoms with Crippen molar-refractivity contribution in [1.29, 1.82) is 0 Å². The van der Waals surface area contributed by atoms with Gasteiger partial charge in [-0.3, -0.25) is 0 Å². The first-order valence-electron chi connectivity index (χ1n) is 5.32. The average Bonchev–Trinajstić information content (AvgIpc) is 2.26. The minimum absolute atomic E-state index is 0.0711. The number of pyridine rings is 1. The lowest BCUT2D eigenvalue weighted by Gasteiger charge is -2.10. The van der Waals surface area contributed by atoms with Crippen molar-refractivity contribution in [1.82, 2.24) is 4.98 Å². The molecule has 0 fully saturated rings. The summed E-state index contributed by atoms with van der Waals surface area (Å²) >= 11 is 0. The topological polar surface area (TPSA) is 76.2 Å². The highest BCUT2D eigenvalue weighted by atomic mass is 16.4. The Morgan fingerprint density at radius 1 is 1.24 bits per heavy atom. The Morgan fingerprint density at radius 3 is 2.41 bits per heavy atom. The molecule has 0 aliphatic rings. The van der Waals surface area contributed by atoms with Crippen LogP contribution in [0.4, 0.5) is 5.69 Å². The highest BCUT2D eigenvalue weighted by Crippen LogP contribution is 2.27. The molecule has 17 heavy (non-hydrogen) atoms. The van der Waals surface area contributed by atoms with E-state index in [1.807, 2.05) is 32.9 Å². The molecule has 1 aromatic carbocycles. The fraction of sp³-hybridized carbons (Fsp3) is 0.231. The molecule has 0 bridgehead atoms. The standard InChI is InChI=1S/C13H14N2O2/c1-6-4-9-8(3)11(14)12(13(16)17)15-10(9)5-7(6)2/h4-5H,14H2,1-3H3,(H,16,17). The highest BCUT2D eigenvalue weighted by Gasteiger charge is 2.15. The van der Waals surface area contributed by atoms with E-state index in [1.165, 1.54) is 0 Å². The normalized spacial score (nSPS) is 10.8. The molecule has 0 saturated heterocycles. The van der Waals surface area contributed by atoms with Crippen molar-refractivity contribution >= 4 is 22.6 Å². The fourth-order valence-electron chi connectivity index (χ4n) is 1.86. The van der Waals surface area contributed by atoms with Gasteiger partial charge in [0.1, 0.15) is 0 Å². The number of aromatic carboxylic acids is 1. The van der Waals surface area contributed by atoms with Crippen LogP contribution < -0.4 is 5.73 Å². The van der Waals surface area contributed by atoms with Crippen molar-refractivity contribution in [3.05, 3.63) is 34.5 Å². The van der Waals surface area contributed by atoms with Crippen LogP contribution in [0.5, 0.6) is 0 Å². The van der Waals surface area contributed by atoms with Gasteiger partial charge in [0.2, 0.25) is 0 Å². The molecule has 1 aromatic heterocycles. The molecule has 0 atom stereocenters. The lowest BCUT2D eigenvalue weighted by Crippen LogP contribution is -2.08. The first-order chi connectivity index (χ1) is 7.91. The maximum absolute atomic E-state index is 11.0. The molecule has 2 aromatic rings. The van der Waals surface area contributed by atoms with E-state index in [9.17, 15) is 4.79 Å². The third-order valence-corrected chi connectivity index (χ3v) is 3.11. The summed E-state index contributed by atoms with van der Waals surface area (Å²) in [5.74, 6) is -1.09. The van der Waals surface area contributed by atoms with E-state index in [-0.39, 0.29) is 11.4 Å². The number of hydrogen-bond acceptors (Lipinski definition) is 3. The molecule has 0 radical (unpaired) electrons. The van der Waals surface area contributed by atoms with E-state index >= 15 is 0 Å². The Balaban J connectivity index is 2.91. The molecule has 0 spiro atoms. The van der Waals surface area contributed by atoms with Crippen LogP contribution in [-0.4, -0.2) is 16.1 Å². The Kier molecular flexibility index (Phi) is 2.50. The predicted octanol–water partition coefficient (Wildman–Crippen LogP) is 2.44. The van der Waals surface area contributed by atoms with E-state index in [0.29, 0.717) is 5.52 Å². The number of hydrogen-bond donors (Lipinski definition) is 2. The van der Waals surface area contributed by atoms with Crippen molar-refractivity contribution in [3.8, 4) is 0 Å². The minimum Gasteiger partial charge on any atom is -0.476 e. The summed E-state index contributed by atoms with van der Waals surface area (Å²) in [5, 5.41) is 9.94. The quantitative estimate of drug-likeness (QED) is 0.788. The van der Waals surface area contributed by atoms with E-state index in [4.69, 9.17) is 10.8 Å². The summed E-state index contributed by atoms with van der Waals surface area (Å²) in [6, 6.07) is 3.89. The van der Waals surface area contributed by atoms with Crippen molar-refractivity contribution in [2.45, 2.75) is 20.8 Å². The van der Waals surface area contributed by atoms with Crippen molar-refractivity contribution in [3.63, 3.8) is 0 Å². The van der Waals surface area contributed by atoms with Gasteiger partial charge in [-0.05, 0) is 49.6 Å². The largest absolute Gasteiger partial charge is 0.476 e. The molecular formula is C13H14N2O2. The van der Waals surface area contributed by atoms with Crippen molar-refractivity contribution in [2.24, 2.45) is 0 Å². The Labute approximate surface area is 99.1 Å².